The lowest BCUT2D eigenvalue weighted by atomic mass is 10.2. The summed E-state index contributed by atoms with van der Waals surface area (Å²) in [5.41, 5.74) is 0. The first-order valence-corrected chi connectivity index (χ1v) is 6.58. The normalized spacial score (nSPS) is 16.6. The van der Waals surface area contributed by atoms with E-state index in [1.165, 1.54) is 4.90 Å². The molecule has 0 aromatic carbocycles. The Morgan fingerprint density at radius 1 is 1.25 bits per heavy atom. The Hall–Kier alpha value is -1.83. The number of nitrogens with zero attached hydrogens (tertiary/aromatic N) is 2. The number of aliphatic carboxylic acids is 2. The Labute approximate surface area is 117 Å². The van der Waals surface area contributed by atoms with Gasteiger partial charge in [-0.2, -0.15) is 0 Å². The lowest BCUT2D eigenvalue weighted by molar-refractivity contribution is -0.145. The van der Waals surface area contributed by atoms with Gasteiger partial charge in [0.2, 0.25) is 0 Å². The van der Waals surface area contributed by atoms with Crippen molar-refractivity contribution < 1.29 is 24.6 Å². The Morgan fingerprint density at radius 3 is 2.35 bits per heavy atom. The summed E-state index contributed by atoms with van der Waals surface area (Å²) in [6, 6.07) is -1.98. The number of hydrogen-bond acceptors (Lipinski definition) is 4. The average Bonchev–Trinajstić information content (AvgIpc) is 2.87. The maximum atomic E-state index is 11.8. The van der Waals surface area contributed by atoms with Crippen LogP contribution in [0.2, 0.25) is 0 Å². The van der Waals surface area contributed by atoms with Gasteiger partial charge in [0.15, 0.2) is 0 Å². The largest absolute Gasteiger partial charge is 0.481 e. The zero-order valence-electron chi connectivity index (χ0n) is 11.5. The zero-order chi connectivity index (χ0) is 15.1. The van der Waals surface area contributed by atoms with Crippen molar-refractivity contribution in [3.05, 3.63) is 0 Å². The molecule has 0 aliphatic carbocycles. The number of carboxylic acid groups (broad SMARTS) is 2. The Bertz CT molecular complexity index is 368. The molecule has 1 aliphatic rings. The summed E-state index contributed by atoms with van der Waals surface area (Å²) in [7, 11) is 1.56. The minimum Gasteiger partial charge on any atom is -0.481 e. The SMILES string of the molecule is CN(CCN1CCCC1)C(=O)N[C@@H](CC(=O)O)C(=O)O. The second-order valence-corrected chi connectivity index (χ2v) is 4.91. The molecule has 1 fully saturated rings. The van der Waals surface area contributed by atoms with Crippen LogP contribution in [0.5, 0.6) is 0 Å². The van der Waals surface area contributed by atoms with E-state index in [1.54, 1.807) is 7.05 Å². The van der Waals surface area contributed by atoms with Gasteiger partial charge < -0.3 is 25.3 Å². The molecule has 1 saturated heterocycles. The summed E-state index contributed by atoms with van der Waals surface area (Å²) in [6.45, 7) is 3.25. The number of likely N-dealkylation sites (tertiary alicyclic amines) is 1. The predicted molar refractivity (Wildman–Crippen MR) is 70.5 cm³/mol. The van der Waals surface area contributed by atoms with Gasteiger partial charge in [-0.25, -0.2) is 9.59 Å². The van der Waals surface area contributed by atoms with Crippen LogP contribution in [0.3, 0.4) is 0 Å². The molecule has 1 atom stereocenters. The van der Waals surface area contributed by atoms with E-state index in [4.69, 9.17) is 10.2 Å². The molecule has 114 valence electrons. The fraction of sp³-hybridized carbons (Fsp3) is 0.750. The van der Waals surface area contributed by atoms with Gasteiger partial charge >= 0.3 is 18.0 Å². The third kappa shape index (κ3) is 5.43. The van der Waals surface area contributed by atoms with Crippen LogP contribution in [0.1, 0.15) is 19.3 Å². The first-order chi connectivity index (χ1) is 9.40. The molecule has 0 aromatic heterocycles. The quantitative estimate of drug-likeness (QED) is 0.590. The first-order valence-electron chi connectivity index (χ1n) is 6.58. The van der Waals surface area contributed by atoms with Gasteiger partial charge in [0.05, 0.1) is 6.42 Å². The number of amides is 2. The highest BCUT2D eigenvalue weighted by Crippen LogP contribution is 2.06. The maximum absolute atomic E-state index is 11.8. The van der Waals surface area contributed by atoms with Crippen molar-refractivity contribution >= 4 is 18.0 Å². The van der Waals surface area contributed by atoms with E-state index in [1.807, 2.05) is 0 Å². The molecule has 0 saturated carbocycles. The third-order valence-electron chi connectivity index (χ3n) is 3.27. The van der Waals surface area contributed by atoms with Crippen LogP contribution < -0.4 is 5.32 Å². The van der Waals surface area contributed by atoms with Crippen molar-refractivity contribution in [2.24, 2.45) is 0 Å². The van der Waals surface area contributed by atoms with Crippen LogP contribution >= 0.6 is 0 Å². The first kappa shape index (κ1) is 16.2. The summed E-state index contributed by atoms with van der Waals surface area (Å²) < 4.78 is 0. The van der Waals surface area contributed by atoms with E-state index in [2.05, 4.69) is 10.2 Å². The monoisotopic (exact) mass is 287 g/mol. The number of carbonyl (C=O) groups excluding carboxylic acids is 1. The molecule has 8 heteroatoms. The number of rotatable bonds is 7. The van der Waals surface area contributed by atoms with Gasteiger partial charge in [0, 0.05) is 20.1 Å². The molecule has 0 unspecified atom stereocenters. The molecule has 0 spiro atoms. The second kappa shape index (κ2) is 7.68. The summed E-state index contributed by atoms with van der Waals surface area (Å²) in [6.07, 6.45) is 1.69. The highest BCUT2D eigenvalue weighted by atomic mass is 16.4. The number of carboxylic acids is 2. The number of hydrogen-bond donors (Lipinski definition) is 3. The average molecular weight is 287 g/mol. The van der Waals surface area contributed by atoms with Gasteiger partial charge in [-0.05, 0) is 25.9 Å². The van der Waals surface area contributed by atoms with E-state index in [0.29, 0.717) is 6.54 Å². The molecule has 0 radical (unpaired) electrons. The highest BCUT2D eigenvalue weighted by molar-refractivity contribution is 5.86. The van der Waals surface area contributed by atoms with Crippen LogP contribution in [-0.2, 0) is 9.59 Å². The van der Waals surface area contributed by atoms with Gasteiger partial charge in [-0.1, -0.05) is 0 Å². The molecule has 8 nitrogen and oxygen atoms in total. The van der Waals surface area contributed by atoms with E-state index in [0.717, 1.165) is 32.5 Å². The van der Waals surface area contributed by atoms with Crippen molar-refractivity contribution in [3.63, 3.8) is 0 Å². The molecule has 3 N–H and O–H groups in total. The smallest absolute Gasteiger partial charge is 0.326 e. The van der Waals surface area contributed by atoms with Crippen molar-refractivity contribution in [2.75, 3.05) is 33.2 Å². The molecule has 0 bridgehead atoms. The maximum Gasteiger partial charge on any atom is 0.326 e. The number of nitrogens with one attached hydrogen (secondary N) is 1. The van der Waals surface area contributed by atoms with Crippen LogP contribution in [0, 0.1) is 0 Å². The molecule has 1 rings (SSSR count). The number of likely N-dealkylation sites (N-methyl/N-ethyl adjacent to an activating group) is 1. The van der Waals surface area contributed by atoms with E-state index < -0.39 is 30.4 Å². The van der Waals surface area contributed by atoms with Gasteiger partial charge in [0.1, 0.15) is 6.04 Å². The molecule has 20 heavy (non-hydrogen) atoms. The zero-order valence-corrected chi connectivity index (χ0v) is 11.5. The highest BCUT2D eigenvalue weighted by Gasteiger charge is 2.24. The Balaban J connectivity index is 2.37. The molecule has 1 heterocycles. The van der Waals surface area contributed by atoms with Crippen molar-refractivity contribution in [3.8, 4) is 0 Å². The summed E-state index contributed by atoms with van der Waals surface area (Å²) >= 11 is 0. The second-order valence-electron chi connectivity index (χ2n) is 4.91. The van der Waals surface area contributed by atoms with Gasteiger partial charge in [-0.15, -0.1) is 0 Å². The van der Waals surface area contributed by atoms with Crippen LogP contribution in [0.4, 0.5) is 4.79 Å². The molecule has 0 aromatic rings. The third-order valence-corrected chi connectivity index (χ3v) is 3.27. The van der Waals surface area contributed by atoms with Crippen LogP contribution in [0.25, 0.3) is 0 Å². The lowest BCUT2D eigenvalue weighted by Gasteiger charge is -2.23. The van der Waals surface area contributed by atoms with Crippen LogP contribution in [-0.4, -0.2) is 77.3 Å². The topological polar surface area (TPSA) is 110 Å². The van der Waals surface area contributed by atoms with Gasteiger partial charge in [0.25, 0.3) is 0 Å². The van der Waals surface area contributed by atoms with Gasteiger partial charge in [-0.3, -0.25) is 4.79 Å². The van der Waals surface area contributed by atoms with Crippen molar-refractivity contribution in [1.82, 2.24) is 15.1 Å². The summed E-state index contributed by atoms with van der Waals surface area (Å²) in [5.74, 6) is -2.62. The molecule has 1 aliphatic heterocycles. The van der Waals surface area contributed by atoms with E-state index >= 15 is 0 Å². The minimum atomic E-state index is -1.41. The van der Waals surface area contributed by atoms with Crippen molar-refractivity contribution in [2.45, 2.75) is 25.3 Å². The van der Waals surface area contributed by atoms with Crippen molar-refractivity contribution in [1.29, 1.82) is 0 Å². The van der Waals surface area contributed by atoms with E-state index in [-0.39, 0.29) is 0 Å². The molecular formula is C12H21N3O5. The minimum absolute atomic E-state index is 0.477. The Kier molecular flexibility index (Phi) is 6.23. The number of carbonyl (C=O) groups is 3. The molecule has 2 amide bonds. The summed E-state index contributed by atoms with van der Waals surface area (Å²) in [4.78, 5) is 36.8. The standard InChI is InChI=1S/C12H21N3O5/c1-14(6-7-15-4-2-3-5-15)12(20)13-9(11(18)19)8-10(16)17/h9H,2-8H2,1H3,(H,13,20)(H,16,17)(H,18,19)/t9-/m0/s1. The number of urea groups is 1. The molecular weight excluding hydrogens is 266 g/mol. The van der Waals surface area contributed by atoms with E-state index in [9.17, 15) is 14.4 Å². The predicted octanol–water partition coefficient (Wildman–Crippen LogP) is -0.348. The van der Waals surface area contributed by atoms with Crippen LogP contribution in [0.15, 0.2) is 0 Å². The fourth-order valence-electron chi connectivity index (χ4n) is 2.03. The fourth-order valence-corrected chi connectivity index (χ4v) is 2.03. The Morgan fingerprint density at radius 2 is 1.85 bits per heavy atom. The summed E-state index contributed by atoms with van der Waals surface area (Å²) in [5, 5.41) is 19.7. The lowest BCUT2D eigenvalue weighted by Crippen LogP contribution is -2.48.